The maximum atomic E-state index is 14.4. The van der Waals surface area contributed by atoms with Crippen LogP contribution in [0.25, 0.3) is 5.69 Å². The Morgan fingerprint density at radius 3 is 2.48 bits per heavy atom. The number of carbonyl (C=O) groups excluding carboxylic acids is 8. The Bertz CT molecular complexity index is 3240. The van der Waals surface area contributed by atoms with Crippen molar-refractivity contribution in [3.63, 3.8) is 0 Å². The number of halogens is 1. The van der Waals surface area contributed by atoms with Crippen molar-refractivity contribution >= 4 is 82.1 Å². The number of benzene rings is 2. The number of fused-ring (bicyclic) bond motifs is 6. The smallest absolute Gasteiger partial charge is 0.409 e. The molecule has 9 atom stereocenters. The molecule has 5 N–H and O–H groups in total. The lowest BCUT2D eigenvalue weighted by molar-refractivity contribution is -0.162. The number of hydrogen-bond donors (Lipinski definition) is 4. The number of nitrogens with zero attached hydrogens (tertiary/aromatic N) is 5. The highest BCUT2D eigenvalue weighted by atomic mass is 35.5. The predicted octanol–water partition coefficient (Wildman–Crippen LogP) is 6.42. The average molecular weight is 1250 g/mol. The van der Waals surface area contributed by atoms with E-state index in [1.54, 1.807) is 68.1 Å². The summed E-state index contributed by atoms with van der Waals surface area (Å²) in [6, 6.07) is 7.58. The number of Topliss-reactive ketones (excluding diaryl/α,β-unsaturated/α-hetero) is 1. The second kappa shape index (κ2) is 27.3. The number of alkyl carbamates (subject to hydrolysis) is 1. The Labute approximate surface area is 516 Å². The van der Waals surface area contributed by atoms with E-state index in [4.69, 9.17) is 50.9 Å². The van der Waals surface area contributed by atoms with Crippen molar-refractivity contribution in [3.05, 3.63) is 87.2 Å². The molecule has 1 unspecified atom stereocenters. The Hall–Kier alpha value is -6.83. The molecular weight excluding hydrogens is 1160 g/mol. The fourth-order valence-corrected chi connectivity index (χ4v) is 13.3. The van der Waals surface area contributed by atoms with Gasteiger partial charge in [0.25, 0.3) is 5.91 Å². The van der Waals surface area contributed by atoms with Gasteiger partial charge in [0.1, 0.15) is 40.7 Å². The molecule has 3 fully saturated rings. The van der Waals surface area contributed by atoms with Gasteiger partial charge in [-0.1, -0.05) is 56.2 Å². The minimum Gasteiger partial charge on any atom is -0.495 e. The Morgan fingerprint density at radius 1 is 1.03 bits per heavy atom. The van der Waals surface area contributed by atoms with Gasteiger partial charge in [0.2, 0.25) is 23.6 Å². The van der Waals surface area contributed by atoms with Gasteiger partial charge >= 0.3 is 12.1 Å². The molecule has 5 heterocycles. The molecule has 0 spiro atoms. The van der Waals surface area contributed by atoms with Crippen LogP contribution < -0.4 is 26.0 Å². The molecule has 5 aliphatic rings. The predicted molar refractivity (Wildman–Crippen MR) is 325 cm³/mol. The van der Waals surface area contributed by atoms with Crippen molar-refractivity contribution in [2.24, 2.45) is 17.1 Å². The topological polar surface area (TPSA) is 293 Å². The number of esters is 1. The van der Waals surface area contributed by atoms with Crippen LogP contribution in [0.1, 0.15) is 124 Å². The molecule has 1 aliphatic carbocycles. The third-order valence-corrected chi connectivity index (χ3v) is 18.6. The van der Waals surface area contributed by atoms with Gasteiger partial charge in [0, 0.05) is 90.5 Å². The number of aryl methyl sites for hydroxylation is 1. The molecular formula is C62H81ClN8O15S. The van der Waals surface area contributed by atoms with E-state index in [9.17, 15) is 43.5 Å². The van der Waals surface area contributed by atoms with Crippen LogP contribution in [0.4, 0.5) is 16.2 Å². The number of epoxide rings is 1. The third kappa shape index (κ3) is 14.9. The van der Waals surface area contributed by atoms with Crippen molar-refractivity contribution in [1.82, 2.24) is 24.9 Å². The molecule has 472 valence electrons. The molecule has 87 heavy (non-hydrogen) atoms. The fourth-order valence-electron chi connectivity index (χ4n) is 11.9. The summed E-state index contributed by atoms with van der Waals surface area (Å²) in [7, 11) is 5.87. The van der Waals surface area contributed by atoms with Crippen LogP contribution in [0, 0.1) is 18.3 Å². The van der Waals surface area contributed by atoms with Crippen molar-refractivity contribution < 1.29 is 71.9 Å². The first-order chi connectivity index (χ1) is 41.1. The number of ether oxygens (including phenoxy) is 6. The Balaban J connectivity index is 0.826. The first kappa shape index (κ1) is 66.1. The summed E-state index contributed by atoms with van der Waals surface area (Å²) in [4.78, 5) is 111. The molecule has 23 nitrogen and oxygen atoms in total. The highest BCUT2D eigenvalue weighted by Crippen LogP contribution is 2.49. The summed E-state index contributed by atoms with van der Waals surface area (Å²) in [5.74, 6) is -3.09. The number of allylic oxidation sites excluding steroid dienone is 3. The molecule has 0 saturated carbocycles. The summed E-state index contributed by atoms with van der Waals surface area (Å²) in [6.07, 6.45) is 2.28. The number of anilines is 2. The number of methoxy groups -OCH3 is 2. The van der Waals surface area contributed by atoms with Gasteiger partial charge in [0.15, 0.2) is 11.5 Å². The van der Waals surface area contributed by atoms with Crippen LogP contribution in [0.5, 0.6) is 5.75 Å². The maximum Gasteiger partial charge on any atom is 0.409 e. The molecule has 4 aliphatic heterocycles. The van der Waals surface area contributed by atoms with Gasteiger partial charge in [-0.25, -0.2) is 14.3 Å². The quantitative estimate of drug-likeness (QED) is 0.0410. The van der Waals surface area contributed by atoms with Crippen LogP contribution in [0.2, 0.25) is 5.02 Å². The van der Waals surface area contributed by atoms with Crippen LogP contribution in [-0.4, -0.2) is 179 Å². The number of imide groups is 1. The second-order valence-corrected chi connectivity index (χ2v) is 25.9. The number of aliphatic hydroxyl groups is 1. The van der Waals surface area contributed by atoms with Crippen molar-refractivity contribution in [2.45, 2.75) is 153 Å². The van der Waals surface area contributed by atoms with Gasteiger partial charge in [-0.3, -0.25) is 39.0 Å². The minimum absolute atomic E-state index is 0.0280. The normalized spacial score (nSPS) is 26.8. The number of ketones is 1. The molecule has 3 aromatic rings. The largest absolute Gasteiger partial charge is 0.495 e. The molecule has 2 aromatic carbocycles. The molecule has 3 saturated heterocycles. The number of aromatic nitrogens is 2. The lowest BCUT2D eigenvalue weighted by atomic mass is 9.75. The number of carbonyl (C=O) groups is 8. The maximum absolute atomic E-state index is 14.4. The standard InChI is InChI=1S/C62H81ClN8O15S/c1-34-15-12-16-48(82-11)62(80)33-46(84-59(79)66-62)35(2)55-61(7,86-55)49(30-51(74)69(9)42-26-38(25-34)27-45(81-10)54(42)63)85-58(78)37(4)68(8)50(73)19-24-87-47-29-52(75)70(57(47)77)21-14-23-83-22-13-20-65-41-28-39(17-18-40(41)56(64)76)71-43-31-60(5,6)32-44(72)53(43)36(3)67-71/h12,15-18,26-28,35,37,46-49,55,65,80H,13-14,19-25,29-33H2,1-11H3,(H2,64,76)(H,66,79)/b16-12+,34-15+/t35-,37+,46+,47?,48-,49+,55+,61+,62+/m0/s1. The zero-order valence-electron chi connectivity index (χ0n) is 51.3. The second-order valence-electron chi connectivity index (χ2n) is 24.2. The summed E-state index contributed by atoms with van der Waals surface area (Å²) in [5, 5.41) is 21.9. The Morgan fingerprint density at radius 2 is 1.77 bits per heavy atom. The van der Waals surface area contributed by atoms with E-state index >= 15 is 0 Å². The number of rotatable bonds is 20. The average Bonchev–Trinajstić information content (AvgIpc) is 3.65. The van der Waals surface area contributed by atoms with Gasteiger partial charge in [0.05, 0.1) is 58.8 Å². The molecule has 4 bridgehead atoms. The van der Waals surface area contributed by atoms with Gasteiger partial charge in [-0.05, 0) is 94.7 Å². The molecule has 0 radical (unpaired) electrons. The van der Waals surface area contributed by atoms with Crippen LogP contribution in [-0.2, 0) is 60.5 Å². The van der Waals surface area contributed by atoms with Gasteiger partial charge < -0.3 is 54.4 Å². The number of likely N-dealkylation sites (N-methyl/N-ethyl adjacent to an activating group) is 1. The summed E-state index contributed by atoms with van der Waals surface area (Å²) in [6.45, 7) is 14.0. The first-order valence-electron chi connectivity index (χ1n) is 29.3. The van der Waals surface area contributed by atoms with Crippen molar-refractivity contribution in [2.75, 3.05) is 70.6 Å². The number of amides is 6. The SMILES string of the molecule is COc1cc2cc(c1Cl)N(C)C(=O)C[C@@H](OC(=O)[C@@H](C)N(C)C(=O)CCSC1CC(=O)N(CCCOCCCNc3cc(-n4nc(C)c5c4CC(C)(C)CC5=O)ccc3C(N)=O)C1=O)[C@@]1(C)O[C@@H]1[C@@H](C)[C@H]1C[C@](O)(NC(=O)O1)[C@@H](OC)/C=C/C=C(\C)C2. The summed E-state index contributed by atoms with van der Waals surface area (Å²) >= 11 is 8.02. The molecule has 25 heteroatoms. The highest BCUT2D eigenvalue weighted by Gasteiger charge is 2.64. The third-order valence-electron chi connectivity index (χ3n) is 17.0. The zero-order chi connectivity index (χ0) is 63.4. The fraction of sp³-hybridized carbons (Fsp3) is 0.565. The summed E-state index contributed by atoms with van der Waals surface area (Å²) in [5.41, 5.74) is 7.95. The van der Waals surface area contributed by atoms with E-state index in [0.29, 0.717) is 84.9 Å². The molecule has 8 rings (SSSR count). The van der Waals surface area contributed by atoms with Crippen LogP contribution in [0.15, 0.2) is 54.1 Å². The van der Waals surface area contributed by atoms with E-state index in [2.05, 4.69) is 24.5 Å². The lowest BCUT2D eigenvalue weighted by Gasteiger charge is -2.42. The van der Waals surface area contributed by atoms with Crippen molar-refractivity contribution in [3.8, 4) is 11.4 Å². The molecule has 1 aromatic heterocycles. The number of primary amides is 1. The lowest BCUT2D eigenvalue weighted by Crippen LogP contribution is -2.63. The summed E-state index contributed by atoms with van der Waals surface area (Å²) < 4.78 is 37.1. The van der Waals surface area contributed by atoms with Gasteiger partial charge in [-0.15, -0.1) is 11.8 Å². The van der Waals surface area contributed by atoms with Crippen LogP contribution >= 0.6 is 23.4 Å². The first-order valence-corrected chi connectivity index (χ1v) is 30.7. The minimum atomic E-state index is -1.89. The Kier molecular flexibility index (Phi) is 20.7. The van der Waals surface area contributed by atoms with Crippen LogP contribution in [0.3, 0.4) is 0 Å². The van der Waals surface area contributed by atoms with E-state index in [-0.39, 0.29) is 66.2 Å². The number of hydrogen-bond acceptors (Lipinski definition) is 18. The van der Waals surface area contributed by atoms with E-state index in [1.807, 2.05) is 19.9 Å². The monoisotopic (exact) mass is 1240 g/mol. The highest BCUT2D eigenvalue weighted by molar-refractivity contribution is 8.00. The number of thioether (sulfide) groups is 1. The van der Waals surface area contributed by atoms with E-state index in [0.717, 1.165) is 16.8 Å². The van der Waals surface area contributed by atoms with E-state index in [1.165, 1.54) is 54.7 Å². The molecule has 6 amide bonds. The number of nitrogens with one attached hydrogen (secondary N) is 2. The van der Waals surface area contributed by atoms with Gasteiger partial charge in [-0.2, -0.15) is 5.10 Å². The zero-order valence-corrected chi connectivity index (χ0v) is 52.9. The number of nitrogens with two attached hydrogens (primary N) is 1. The van der Waals surface area contributed by atoms with E-state index < -0.39 is 89.2 Å². The number of likely N-dealkylation sites (tertiary alicyclic amines) is 1. The van der Waals surface area contributed by atoms with Crippen molar-refractivity contribution in [1.29, 1.82) is 0 Å².